The summed E-state index contributed by atoms with van der Waals surface area (Å²) in [5.41, 5.74) is 1.90. The number of sulfonamides is 1. The molecule has 0 unspecified atom stereocenters. The summed E-state index contributed by atoms with van der Waals surface area (Å²) in [4.78, 5) is 2.63. The van der Waals surface area contributed by atoms with Gasteiger partial charge < -0.3 is 5.11 Å². The fraction of sp³-hybridized carbons (Fsp3) is 0.429. The number of halogens is 1. The van der Waals surface area contributed by atoms with Crippen molar-refractivity contribution < 1.29 is 13.5 Å². The van der Waals surface area contributed by atoms with Crippen molar-refractivity contribution >= 4 is 21.6 Å². The predicted molar refractivity (Wildman–Crippen MR) is 111 cm³/mol. The van der Waals surface area contributed by atoms with Crippen LogP contribution in [-0.4, -0.2) is 61.1 Å². The van der Waals surface area contributed by atoms with Gasteiger partial charge in [-0.3, -0.25) is 4.90 Å². The summed E-state index contributed by atoms with van der Waals surface area (Å²) in [6.07, 6.45) is 2.20. The molecule has 0 aromatic heterocycles. The van der Waals surface area contributed by atoms with E-state index in [1.54, 1.807) is 16.4 Å². The van der Waals surface area contributed by atoms with Crippen LogP contribution < -0.4 is 0 Å². The van der Waals surface area contributed by atoms with Crippen LogP contribution in [0.25, 0.3) is 11.1 Å². The van der Waals surface area contributed by atoms with Crippen molar-refractivity contribution in [3.05, 3.63) is 53.6 Å². The second-order valence-electron chi connectivity index (χ2n) is 7.61. The fourth-order valence-electron chi connectivity index (χ4n) is 4.18. The van der Waals surface area contributed by atoms with Crippen LogP contribution in [0.3, 0.4) is 0 Å². The van der Waals surface area contributed by atoms with E-state index in [0.717, 1.165) is 36.9 Å². The van der Waals surface area contributed by atoms with Gasteiger partial charge in [0.15, 0.2) is 0 Å². The Labute approximate surface area is 171 Å². The molecule has 0 bridgehead atoms. The van der Waals surface area contributed by atoms with Gasteiger partial charge in [0, 0.05) is 37.2 Å². The van der Waals surface area contributed by atoms with Crippen LogP contribution in [0.4, 0.5) is 0 Å². The Morgan fingerprint density at radius 2 is 1.64 bits per heavy atom. The molecule has 0 aliphatic carbocycles. The van der Waals surface area contributed by atoms with Gasteiger partial charge in [0.2, 0.25) is 10.0 Å². The molecule has 28 heavy (non-hydrogen) atoms. The lowest BCUT2D eigenvalue weighted by Gasteiger charge is -2.36. The summed E-state index contributed by atoms with van der Waals surface area (Å²) >= 11 is 6.05. The first-order chi connectivity index (χ1) is 13.4. The topological polar surface area (TPSA) is 60.9 Å². The van der Waals surface area contributed by atoms with E-state index in [2.05, 4.69) is 4.90 Å². The Hall–Kier alpha value is -1.44. The predicted octanol–water partition coefficient (Wildman–Crippen LogP) is 3.23. The van der Waals surface area contributed by atoms with E-state index < -0.39 is 10.0 Å². The van der Waals surface area contributed by atoms with Crippen LogP contribution in [0.2, 0.25) is 5.02 Å². The molecule has 0 spiro atoms. The molecular weight excluding hydrogens is 396 g/mol. The van der Waals surface area contributed by atoms with Crippen molar-refractivity contribution in [3.63, 3.8) is 0 Å². The van der Waals surface area contributed by atoms with E-state index in [-0.39, 0.29) is 6.10 Å². The molecule has 0 saturated carbocycles. The van der Waals surface area contributed by atoms with Gasteiger partial charge >= 0.3 is 0 Å². The number of β-amino-alcohol motifs (C(OH)–C–C–N with tert-alkyl or cyclic N) is 1. The smallest absolute Gasteiger partial charge is 0.243 e. The minimum absolute atomic E-state index is 0.236. The molecule has 2 aromatic rings. The number of aliphatic hydroxyl groups excluding tert-OH is 1. The summed E-state index contributed by atoms with van der Waals surface area (Å²) < 4.78 is 27.6. The lowest BCUT2D eigenvalue weighted by Crippen LogP contribution is -2.46. The zero-order chi connectivity index (χ0) is 19.7. The average molecular weight is 421 g/mol. The molecule has 150 valence electrons. The maximum Gasteiger partial charge on any atom is 0.243 e. The van der Waals surface area contributed by atoms with Crippen molar-refractivity contribution in [2.75, 3.05) is 26.2 Å². The van der Waals surface area contributed by atoms with E-state index in [9.17, 15) is 13.5 Å². The van der Waals surface area contributed by atoms with Crippen molar-refractivity contribution in [2.45, 2.75) is 36.3 Å². The normalized spacial score (nSPS) is 22.6. The summed E-state index contributed by atoms with van der Waals surface area (Å²) in [5.74, 6) is 0. The molecule has 2 heterocycles. The fourth-order valence-corrected chi connectivity index (χ4v) is 5.84. The van der Waals surface area contributed by atoms with Crippen LogP contribution >= 0.6 is 11.6 Å². The highest BCUT2D eigenvalue weighted by molar-refractivity contribution is 7.89. The number of hydrogen-bond acceptors (Lipinski definition) is 4. The van der Waals surface area contributed by atoms with E-state index in [1.165, 1.54) is 0 Å². The first-order valence-corrected chi connectivity index (χ1v) is 11.5. The third-order valence-corrected chi connectivity index (χ3v) is 7.93. The van der Waals surface area contributed by atoms with Gasteiger partial charge in [-0.25, -0.2) is 8.42 Å². The second kappa shape index (κ2) is 8.13. The molecule has 2 aromatic carbocycles. The summed E-state index contributed by atoms with van der Waals surface area (Å²) in [7, 11) is -3.49. The Morgan fingerprint density at radius 1 is 0.929 bits per heavy atom. The van der Waals surface area contributed by atoms with Crippen molar-refractivity contribution in [3.8, 4) is 11.1 Å². The number of hydrogen-bond donors (Lipinski definition) is 1. The van der Waals surface area contributed by atoms with Gasteiger partial charge in [-0.2, -0.15) is 4.31 Å². The lowest BCUT2D eigenvalue weighted by molar-refractivity contribution is 0.132. The third-order valence-electron chi connectivity index (χ3n) is 5.78. The van der Waals surface area contributed by atoms with Crippen LogP contribution in [0, 0.1) is 0 Å². The van der Waals surface area contributed by atoms with E-state index in [1.807, 2.05) is 36.4 Å². The average Bonchev–Trinajstić information content (AvgIpc) is 3.14. The second-order valence-corrected chi connectivity index (χ2v) is 9.98. The molecule has 2 saturated heterocycles. The van der Waals surface area contributed by atoms with Crippen LogP contribution in [0.15, 0.2) is 53.4 Å². The Balaban J connectivity index is 1.44. The molecular formula is C21H25ClN2O3S. The Morgan fingerprint density at radius 3 is 2.25 bits per heavy atom. The molecule has 0 amide bonds. The molecule has 2 aliphatic rings. The van der Waals surface area contributed by atoms with E-state index in [0.29, 0.717) is 35.6 Å². The van der Waals surface area contributed by atoms with Crippen molar-refractivity contribution in [2.24, 2.45) is 0 Å². The maximum atomic E-state index is 13.0. The van der Waals surface area contributed by atoms with Crippen LogP contribution in [0.5, 0.6) is 0 Å². The first-order valence-electron chi connectivity index (χ1n) is 9.72. The minimum atomic E-state index is -3.49. The number of rotatable bonds is 4. The lowest BCUT2D eigenvalue weighted by atomic mass is 10.1. The number of nitrogens with zero attached hydrogens (tertiary/aromatic N) is 2. The zero-order valence-electron chi connectivity index (χ0n) is 15.7. The van der Waals surface area contributed by atoms with Gasteiger partial charge in [0.1, 0.15) is 0 Å². The van der Waals surface area contributed by atoms with Crippen LogP contribution in [0.1, 0.15) is 19.3 Å². The molecule has 2 fully saturated rings. The monoisotopic (exact) mass is 420 g/mol. The third kappa shape index (κ3) is 4.11. The Kier molecular flexibility index (Phi) is 5.76. The quantitative estimate of drug-likeness (QED) is 0.824. The summed E-state index contributed by atoms with van der Waals surface area (Å²) in [6, 6.07) is 14.9. The van der Waals surface area contributed by atoms with Gasteiger partial charge in [-0.05, 0) is 54.7 Å². The van der Waals surface area contributed by atoms with Crippen molar-refractivity contribution in [1.29, 1.82) is 0 Å². The SMILES string of the molecule is O=S(=O)(c1ccc(-c2cccc(Cl)c2)cc1)N1CCC(N2CC[C@H](O)C2)CC1. The van der Waals surface area contributed by atoms with Gasteiger partial charge in [-0.15, -0.1) is 0 Å². The summed E-state index contributed by atoms with van der Waals surface area (Å²) in [6.45, 7) is 2.66. The highest BCUT2D eigenvalue weighted by Crippen LogP contribution is 2.28. The maximum absolute atomic E-state index is 13.0. The number of aliphatic hydroxyl groups is 1. The Bertz CT molecular complexity index is 925. The van der Waals surface area contributed by atoms with E-state index >= 15 is 0 Å². The highest BCUT2D eigenvalue weighted by atomic mass is 35.5. The minimum Gasteiger partial charge on any atom is -0.392 e. The number of benzene rings is 2. The van der Waals surface area contributed by atoms with Crippen LogP contribution in [-0.2, 0) is 10.0 Å². The van der Waals surface area contributed by atoms with Gasteiger partial charge in [0.05, 0.1) is 11.0 Å². The van der Waals surface area contributed by atoms with Crippen molar-refractivity contribution in [1.82, 2.24) is 9.21 Å². The van der Waals surface area contributed by atoms with E-state index in [4.69, 9.17) is 11.6 Å². The number of likely N-dealkylation sites (tertiary alicyclic amines) is 1. The first kappa shape index (κ1) is 19.9. The number of piperidine rings is 1. The molecule has 2 aliphatic heterocycles. The standard InChI is InChI=1S/C21H25ClN2O3S/c22-18-3-1-2-17(14-18)16-4-6-21(7-5-16)28(26,27)24-12-8-19(9-13-24)23-11-10-20(25)15-23/h1-7,14,19-20,25H,8-13,15H2/t20-/m0/s1. The highest BCUT2D eigenvalue weighted by Gasteiger charge is 2.34. The zero-order valence-corrected chi connectivity index (χ0v) is 17.2. The largest absolute Gasteiger partial charge is 0.392 e. The molecule has 5 nitrogen and oxygen atoms in total. The molecule has 7 heteroatoms. The molecule has 0 radical (unpaired) electrons. The summed E-state index contributed by atoms with van der Waals surface area (Å²) in [5, 5.41) is 10.4. The van der Waals surface area contributed by atoms with Gasteiger partial charge in [0.25, 0.3) is 0 Å². The molecule has 1 N–H and O–H groups in total. The molecule has 1 atom stereocenters. The molecule has 4 rings (SSSR count). The van der Waals surface area contributed by atoms with Gasteiger partial charge in [-0.1, -0.05) is 35.9 Å².